The molecule has 0 atom stereocenters. The largest absolute Gasteiger partial charge is 0.166 e. The van der Waals surface area contributed by atoms with Crippen molar-refractivity contribution in [2.75, 3.05) is 0 Å². The summed E-state index contributed by atoms with van der Waals surface area (Å²) in [6, 6.07) is 0. The van der Waals surface area contributed by atoms with Gasteiger partial charge in [0.25, 0.3) is 0 Å². The number of hydrogen-bond donors (Lipinski definition) is 0. The second-order valence-electron chi connectivity index (χ2n) is 0.537. The van der Waals surface area contributed by atoms with Crippen molar-refractivity contribution in [2.45, 2.75) is 0 Å². The van der Waals surface area contributed by atoms with Gasteiger partial charge in [-0.1, -0.05) is 0 Å². The van der Waals surface area contributed by atoms with Crippen LogP contribution in [0.3, 0.4) is 0 Å². The Balaban J connectivity index is 0.000000360. The van der Waals surface area contributed by atoms with Crippen LogP contribution in [-0.4, -0.2) is 62.4 Å². The molecule has 0 amide bonds. The zero-order chi connectivity index (χ0) is 4.24. The number of hydrogen-bond acceptors (Lipinski definition) is 3. The van der Waals surface area contributed by atoms with E-state index < -0.39 is 0 Å². The molecule has 0 aliphatic rings. The molecule has 0 spiro atoms. The van der Waals surface area contributed by atoms with Crippen LogP contribution in [0.1, 0.15) is 0 Å². The minimum Gasteiger partial charge on any atom is -0.166 e. The van der Waals surface area contributed by atoms with E-state index in [1.54, 1.807) is 0 Å². The van der Waals surface area contributed by atoms with Crippen LogP contribution in [0.25, 0.3) is 0 Å². The molecule has 0 bridgehead atoms. The zero-order valence-corrected chi connectivity index (χ0v) is 10.5. The standard InChI is InChI=1S/Ba.N3P3/c;1-4-2-6-3-5-1. The Morgan fingerprint density at radius 1 is 0.714 bits per heavy atom. The van der Waals surface area contributed by atoms with Crippen LogP contribution >= 0.6 is 25.5 Å². The third-order valence-corrected chi connectivity index (χ3v) is 2.16. The zero-order valence-electron chi connectivity index (χ0n) is 3.39. The van der Waals surface area contributed by atoms with E-state index in [0.29, 0.717) is 0 Å². The smallest absolute Gasteiger partial charge is 0.166 e. The average molecular weight is 272 g/mol. The van der Waals surface area contributed by atoms with Crippen LogP contribution in [0.2, 0.25) is 0 Å². The van der Waals surface area contributed by atoms with Crippen molar-refractivity contribution >= 4 is 74.4 Å². The first-order chi connectivity index (χ1) is 3.00. The molecule has 7 heavy (non-hydrogen) atoms. The second-order valence-corrected chi connectivity index (χ2v) is 3.22. The van der Waals surface area contributed by atoms with Gasteiger partial charge in [-0.05, 0) is 0 Å². The van der Waals surface area contributed by atoms with Crippen molar-refractivity contribution < 1.29 is 0 Å². The maximum Gasteiger partial charge on any atom is 0.166 e. The predicted molar refractivity (Wildman–Crippen MR) is 33.1 cm³/mol. The summed E-state index contributed by atoms with van der Waals surface area (Å²) in [5, 5.41) is 0. The molecular weight excluding hydrogens is 272 g/mol. The molecule has 0 saturated carbocycles. The average Bonchev–Trinajstić information content (AvgIpc) is 1.72. The Labute approximate surface area is 86.5 Å². The quantitative estimate of drug-likeness (QED) is 0.667. The Morgan fingerprint density at radius 2 is 1.00 bits per heavy atom. The summed E-state index contributed by atoms with van der Waals surface area (Å²) in [4.78, 5) is 0. The van der Waals surface area contributed by atoms with E-state index in [1.807, 2.05) is 0 Å². The molecular formula is BaN3P3. The number of rotatable bonds is 0. The molecule has 0 aliphatic heterocycles. The molecule has 32 valence electrons. The second kappa shape index (κ2) is 6.00. The summed E-state index contributed by atoms with van der Waals surface area (Å²) in [7, 11) is 2.49. The summed E-state index contributed by atoms with van der Waals surface area (Å²) in [5.74, 6) is 0. The summed E-state index contributed by atoms with van der Waals surface area (Å²) < 4.78 is 11.3. The van der Waals surface area contributed by atoms with Crippen molar-refractivity contribution in [2.24, 2.45) is 0 Å². The van der Waals surface area contributed by atoms with E-state index in [0.717, 1.165) is 25.5 Å². The van der Waals surface area contributed by atoms with Crippen LogP contribution in [0.4, 0.5) is 0 Å². The number of nitrogens with zero attached hydrogens (tertiary/aromatic N) is 3. The van der Waals surface area contributed by atoms with Gasteiger partial charge in [0.15, 0.2) is 25.5 Å². The first-order valence-corrected chi connectivity index (χ1v) is 3.60. The van der Waals surface area contributed by atoms with Gasteiger partial charge in [-0.2, -0.15) is 13.5 Å². The minimum atomic E-state index is 0. The molecule has 1 aromatic heterocycles. The third kappa shape index (κ3) is 4.38. The molecule has 0 saturated heterocycles. The summed E-state index contributed by atoms with van der Waals surface area (Å²) >= 11 is 0. The molecule has 0 aliphatic carbocycles. The van der Waals surface area contributed by atoms with Gasteiger partial charge in [-0.25, -0.2) is 0 Å². The maximum absolute atomic E-state index is 3.78. The van der Waals surface area contributed by atoms with Gasteiger partial charge in [-0.15, -0.1) is 0 Å². The topological polar surface area (TPSA) is 38.7 Å². The van der Waals surface area contributed by atoms with Crippen molar-refractivity contribution in [3.8, 4) is 0 Å². The molecule has 1 aromatic rings. The first-order valence-electron chi connectivity index (χ1n) is 1.20. The predicted octanol–water partition coefficient (Wildman–Crippen LogP) is 1.23. The van der Waals surface area contributed by atoms with Gasteiger partial charge < -0.3 is 0 Å². The van der Waals surface area contributed by atoms with Crippen LogP contribution in [0, 0.1) is 0 Å². The summed E-state index contributed by atoms with van der Waals surface area (Å²) in [6.45, 7) is 0. The van der Waals surface area contributed by atoms with Crippen molar-refractivity contribution in [1.29, 1.82) is 0 Å². The van der Waals surface area contributed by atoms with E-state index in [9.17, 15) is 0 Å². The van der Waals surface area contributed by atoms with Crippen LogP contribution in [0.5, 0.6) is 0 Å². The molecule has 1 rings (SSSR count). The van der Waals surface area contributed by atoms with Crippen molar-refractivity contribution in [1.82, 2.24) is 13.5 Å². The fraction of sp³-hybridized carbons (Fsp3) is 0. The van der Waals surface area contributed by atoms with Gasteiger partial charge in [0.05, 0.1) is 0 Å². The van der Waals surface area contributed by atoms with E-state index in [1.165, 1.54) is 0 Å². The van der Waals surface area contributed by atoms with Crippen LogP contribution in [-0.2, 0) is 0 Å². The molecule has 7 heteroatoms. The Kier molecular flexibility index (Phi) is 7.60. The summed E-state index contributed by atoms with van der Waals surface area (Å²) in [5.41, 5.74) is 0. The van der Waals surface area contributed by atoms with Crippen molar-refractivity contribution in [3.05, 3.63) is 0 Å². The third-order valence-electron chi connectivity index (χ3n) is 0.240. The monoisotopic (exact) mass is 273 g/mol. The normalized spacial score (nSPS) is 10.3. The van der Waals surface area contributed by atoms with Gasteiger partial charge in [0, 0.05) is 48.9 Å². The molecule has 2 radical (unpaired) electrons. The maximum atomic E-state index is 3.78. The molecule has 3 nitrogen and oxygen atoms in total. The first kappa shape index (κ1) is 8.87. The van der Waals surface area contributed by atoms with Gasteiger partial charge >= 0.3 is 0 Å². The fourth-order valence-electron chi connectivity index (χ4n) is 0.107. The van der Waals surface area contributed by atoms with Gasteiger partial charge in [0.1, 0.15) is 0 Å². The van der Waals surface area contributed by atoms with Gasteiger partial charge in [-0.3, -0.25) is 0 Å². The van der Waals surface area contributed by atoms with E-state index >= 15 is 0 Å². The Hall–Kier alpha value is 1.87. The Morgan fingerprint density at radius 3 is 1.14 bits per heavy atom. The van der Waals surface area contributed by atoms with E-state index in [-0.39, 0.29) is 48.9 Å². The van der Waals surface area contributed by atoms with Crippen molar-refractivity contribution in [3.63, 3.8) is 0 Å². The van der Waals surface area contributed by atoms with Crippen LogP contribution < -0.4 is 0 Å². The fourth-order valence-corrected chi connectivity index (χ4v) is 1.93. The molecule has 0 fully saturated rings. The molecule has 0 N–H and O–H groups in total. The number of aromatic nitrogens is 3. The van der Waals surface area contributed by atoms with E-state index in [2.05, 4.69) is 13.5 Å². The molecule has 0 aromatic carbocycles. The SMILES string of the molecule is [Ba].n1pnpnp1. The molecule has 0 unspecified atom stereocenters. The Bertz CT molecular complexity index is 82.1. The van der Waals surface area contributed by atoms with Gasteiger partial charge in [0.2, 0.25) is 0 Å². The molecule has 1 heterocycles. The van der Waals surface area contributed by atoms with Crippen LogP contribution in [0.15, 0.2) is 0 Å². The summed E-state index contributed by atoms with van der Waals surface area (Å²) in [6.07, 6.45) is 0. The van der Waals surface area contributed by atoms with E-state index in [4.69, 9.17) is 0 Å². The minimum absolute atomic E-state index is 0.